The first-order chi connectivity index (χ1) is 10.5. The maximum Gasteiger partial charge on any atom is 0.199 e. The lowest BCUT2D eigenvalue weighted by Gasteiger charge is -2.22. The van der Waals surface area contributed by atoms with Crippen molar-refractivity contribution >= 4 is 28.0 Å². The molecule has 4 rings (SSSR count). The van der Waals surface area contributed by atoms with Gasteiger partial charge in [-0.05, 0) is 37.8 Å². The monoisotopic (exact) mass is 293 g/mol. The van der Waals surface area contributed by atoms with Crippen LogP contribution in [0.4, 0.5) is 0 Å². The van der Waals surface area contributed by atoms with Crippen LogP contribution in [0, 0.1) is 5.92 Å². The first-order valence-corrected chi connectivity index (χ1v) is 7.95. The number of nitrogens with zero attached hydrogens (tertiary/aromatic N) is 1. The summed E-state index contributed by atoms with van der Waals surface area (Å²) in [5, 5.41) is 0.978. The number of ketones is 2. The van der Waals surface area contributed by atoms with Crippen LogP contribution < -0.4 is 0 Å². The summed E-state index contributed by atoms with van der Waals surface area (Å²) in [6.45, 7) is 6.35. The zero-order chi connectivity index (χ0) is 15.6. The third-order valence-corrected chi connectivity index (χ3v) is 4.83. The number of aromatic nitrogens is 1. The number of Topliss-reactive ketones (excluding diaryl/α,β-unsaturated/α-hetero) is 2. The Balaban J connectivity index is 2.12. The van der Waals surface area contributed by atoms with Gasteiger partial charge in [0.25, 0.3) is 0 Å². The van der Waals surface area contributed by atoms with Crippen molar-refractivity contribution in [3.8, 4) is 0 Å². The van der Waals surface area contributed by atoms with Crippen LogP contribution in [0.2, 0.25) is 0 Å². The average molecular weight is 293 g/mol. The van der Waals surface area contributed by atoms with Crippen LogP contribution in [0.5, 0.6) is 0 Å². The molecule has 22 heavy (non-hydrogen) atoms. The molecule has 3 nitrogen and oxygen atoms in total. The largest absolute Gasteiger partial charge is 0.338 e. The maximum atomic E-state index is 12.9. The van der Waals surface area contributed by atoms with Crippen LogP contribution in [0.25, 0.3) is 16.5 Å². The molecule has 2 aliphatic rings. The van der Waals surface area contributed by atoms with E-state index in [1.165, 1.54) is 0 Å². The van der Waals surface area contributed by atoms with Gasteiger partial charge >= 0.3 is 0 Å². The molecule has 0 spiro atoms. The molecule has 1 unspecified atom stereocenters. The highest BCUT2D eigenvalue weighted by molar-refractivity contribution is 6.38. The van der Waals surface area contributed by atoms with E-state index in [1.54, 1.807) is 0 Å². The number of allylic oxidation sites excluding steroid dienone is 2. The molecule has 0 bridgehead atoms. The first kappa shape index (κ1) is 13.5. The Bertz CT molecular complexity index is 867. The molecule has 0 radical (unpaired) electrons. The minimum absolute atomic E-state index is 0.0225. The minimum Gasteiger partial charge on any atom is -0.338 e. The van der Waals surface area contributed by atoms with Crippen LogP contribution in [0.1, 0.15) is 55.7 Å². The van der Waals surface area contributed by atoms with Gasteiger partial charge in [0.1, 0.15) is 0 Å². The van der Waals surface area contributed by atoms with E-state index in [-0.39, 0.29) is 17.6 Å². The fourth-order valence-electron chi connectivity index (χ4n) is 4.04. The van der Waals surface area contributed by atoms with Gasteiger partial charge in [0.15, 0.2) is 11.6 Å². The van der Waals surface area contributed by atoms with E-state index in [0.29, 0.717) is 17.9 Å². The van der Waals surface area contributed by atoms with Crippen molar-refractivity contribution in [2.24, 2.45) is 5.92 Å². The van der Waals surface area contributed by atoms with Crippen molar-refractivity contribution in [2.75, 3.05) is 0 Å². The van der Waals surface area contributed by atoms with Crippen molar-refractivity contribution < 1.29 is 9.59 Å². The third-order valence-electron chi connectivity index (χ3n) is 4.83. The van der Waals surface area contributed by atoms with E-state index in [0.717, 1.165) is 34.2 Å². The molecule has 112 valence electrons. The van der Waals surface area contributed by atoms with Crippen molar-refractivity contribution in [1.29, 1.82) is 0 Å². The van der Waals surface area contributed by atoms with Gasteiger partial charge in [0, 0.05) is 23.4 Å². The number of carbonyl (C=O) groups excluding carboxylic acids is 2. The van der Waals surface area contributed by atoms with Crippen LogP contribution in [-0.4, -0.2) is 16.1 Å². The van der Waals surface area contributed by atoms with Crippen molar-refractivity contribution in [1.82, 2.24) is 4.57 Å². The van der Waals surface area contributed by atoms with Gasteiger partial charge in [-0.3, -0.25) is 9.59 Å². The topological polar surface area (TPSA) is 39.1 Å². The molecule has 1 aromatic heterocycles. The molecule has 0 fully saturated rings. The third kappa shape index (κ3) is 1.57. The Morgan fingerprint density at radius 3 is 2.59 bits per heavy atom. The van der Waals surface area contributed by atoms with Crippen molar-refractivity contribution in [3.05, 3.63) is 41.1 Å². The Morgan fingerprint density at radius 1 is 1.14 bits per heavy atom. The highest BCUT2D eigenvalue weighted by Crippen LogP contribution is 2.46. The van der Waals surface area contributed by atoms with Gasteiger partial charge < -0.3 is 4.57 Å². The molecule has 1 heterocycles. The normalized spacial score (nSPS) is 21.0. The molecule has 2 aliphatic carbocycles. The molecular formula is C19H19NO2. The maximum absolute atomic E-state index is 12.9. The van der Waals surface area contributed by atoms with Crippen LogP contribution >= 0.6 is 0 Å². The van der Waals surface area contributed by atoms with Gasteiger partial charge in [0.05, 0.1) is 16.8 Å². The van der Waals surface area contributed by atoms with E-state index in [4.69, 9.17) is 0 Å². The second kappa shape index (κ2) is 4.42. The fraction of sp³-hybridized carbons (Fsp3) is 0.368. The van der Waals surface area contributed by atoms with E-state index in [9.17, 15) is 9.59 Å². The number of para-hydroxylation sites is 1. The molecule has 1 aromatic carbocycles. The smallest absolute Gasteiger partial charge is 0.199 e. The summed E-state index contributed by atoms with van der Waals surface area (Å²) >= 11 is 0. The van der Waals surface area contributed by atoms with Crippen LogP contribution in [0.15, 0.2) is 29.8 Å². The summed E-state index contributed by atoms with van der Waals surface area (Å²) in [6, 6.07) is 8.28. The Morgan fingerprint density at radius 2 is 1.86 bits per heavy atom. The molecule has 0 aliphatic heterocycles. The lowest BCUT2D eigenvalue weighted by atomic mass is 9.84. The Labute approximate surface area is 129 Å². The zero-order valence-corrected chi connectivity index (χ0v) is 13.1. The molecule has 0 amide bonds. The SMILES string of the molecule is CC1CC(=O)C2=C(C1)c1c(c3ccccc3n1C(C)C)C2=O. The second-order valence-corrected chi connectivity index (χ2v) is 6.82. The van der Waals surface area contributed by atoms with Crippen molar-refractivity contribution in [2.45, 2.75) is 39.7 Å². The molecule has 0 N–H and O–H groups in total. The van der Waals surface area contributed by atoms with E-state index >= 15 is 0 Å². The van der Waals surface area contributed by atoms with E-state index in [1.807, 2.05) is 18.2 Å². The lowest BCUT2D eigenvalue weighted by Crippen LogP contribution is -2.19. The minimum atomic E-state index is -0.0579. The zero-order valence-electron chi connectivity index (χ0n) is 13.1. The summed E-state index contributed by atoms with van der Waals surface area (Å²) in [6.07, 6.45) is 1.32. The summed E-state index contributed by atoms with van der Waals surface area (Å²) in [5.74, 6) is 0.274. The Hall–Kier alpha value is -2.16. The van der Waals surface area contributed by atoms with Gasteiger partial charge in [0.2, 0.25) is 0 Å². The summed E-state index contributed by atoms with van der Waals surface area (Å²) in [5.41, 5.74) is 4.28. The number of benzene rings is 1. The van der Waals surface area contributed by atoms with Crippen molar-refractivity contribution in [3.63, 3.8) is 0 Å². The number of rotatable bonds is 1. The summed E-state index contributed by atoms with van der Waals surface area (Å²) in [4.78, 5) is 25.3. The average Bonchev–Trinajstić information content (AvgIpc) is 2.93. The number of carbonyl (C=O) groups is 2. The van der Waals surface area contributed by atoms with E-state index < -0.39 is 0 Å². The van der Waals surface area contributed by atoms with E-state index in [2.05, 4.69) is 31.4 Å². The molecular weight excluding hydrogens is 274 g/mol. The molecule has 0 saturated carbocycles. The predicted octanol–water partition coefficient (Wildman–Crippen LogP) is 4.17. The standard InChI is InChI=1S/C19H19NO2/c1-10(2)20-14-7-5-4-6-12(14)17-18(20)13-8-11(3)9-15(21)16(13)19(17)22/h4-7,10-11H,8-9H2,1-3H3. The summed E-state index contributed by atoms with van der Waals surface area (Å²) < 4.78 is 2.23. The van der Waals surface area contributed by atoms with Crippen LogP contribution in [-0.2, 0) is 4.79 Å². The van der Waals surface area contributed by atoms with Gasteiger partial charge in [-0.1, -0.05) is 25.1 Å². The van der Waals surface area contributed by atoms with Gasteiger partial charge in [-0.15, -0.1) is 0 Å². The molecule has 0 saturated heterocycles. The number of fused-ring (bicyclic) bond motifs is 4. The van der Waals surface area contributed by atoms with Gasteiger partial charge in [-0.2, -0.15) is 0 Å². The highest BCUT2D eigenvalue weighted by atomic mass is 16.1. The lowest BCUT2D eigenvalue weighted by molar-refractivity contribution is -0.116. The fourth-order valence-corrected chi connectivity index (χ4v) is 4.04. The second-order valence-electron chi connectivity index (χ2n) is 6.82. The highest BCUT2D eigenvalue weighted by Gasteiger charge is 2.41. The molecule has 3 heteroatoms. The van der Waals surface area contributed by atoms with Crippen LogP contribution in [0.3, 0.4) is 0 Å². The predicted molar refractivity (Wildman–Crippen MR) is 87.0 cm³/mol. The molecule has 1 atom stereocenters. The van der Waals surface area contributed by atoms with Gasteiger partial charge in [-0.25, -0.2) is 0 Å². The first-order valence-electron chi connectivity index (χ1n) is 7.95. The Kier molecular flexibility index (Phi) is 2.71. The quantitative estimate of drug-likeness (QED) is 0.740. The number of hydrogen-bond acceptors (Lipinski definition) is 2. The summed E-state index contributed by atoms with van der Waals surface area (Å²) in [7, 11) is 0. The molecule has 2 aromatic rings. The number of hydrogen-bond donors (Lipinski definition) is 0.